The van der Waals surface area contributed by atoms with E-state index < -0.39 is 0 Å². The van der Waals surface area contributed by atoms with Crippen molar-refractivity contribution < 1.29 is 9.53 Å². The minimum Gasteiger partial charge on any atom is -0.364 e. The summed E-state index contributed by atoms with van der Waals surface area (Å²) in [6, 6.07) is 12.1. The molecule has 2 aromatic rings. The molecular formula is C18H19N3O2. The second kappa shape index (κ2) is 5.66. The molecular weight excluding hydrogens is 290 g/mol. The molecule has 3 heterocycles. The zero-order valence-corrected chi connectivity index (χ0v) is 12.9. The fourth-order valence-corrected chi connectivity index (χ4v) is 3.47. The minimum absolute atomic E-state index is 0.0429. The van der Waals surface area contributed by atoms with Crippen molar-refractivity contribution in [3.8, 4) is 0 Å². The van der Waals surface area contributed by atoms with Gasteiger partial charge in [0.1, 0.15) is 5.60 Å². The van der Waals surface area contributed by atoms with Gasteiger partial charge in [-0.05, 0) is 22.8 Å². The van der Waals surface area contributed by atoms with E-state index in [0.29, 0.717) is 26.2 Å². The second-order valence-electron chi connectivity index (χ2n) is 6.13. The van der Waals surface area contributed by atoms with Crippen LogP contribution in [0.1, 0.15) is 23.1 Å². The van der Waals surface area contributed by atoms with E-state index in [9.17, 15) is 4.79 Å². The van der Waals surface area contributed by atoms with Crippen LogP contribution in [0.5, 0.6) is 0 Å². The number of nitrogens with zero attached hydrogens (tertiary/aromatic N) is 2. The molecule has 5 nitrogen and oxygen atoms in total. The zero-order chi connectivity index (χ0) is 15.7. The van der Waals surface area contributed by atoms with Gasteiger partial charge in [0.05, 0.1) is 13.2 Å². The summed E-state index contributed by atoms with van der Waals surface area (Å²) in [6.07, 6.45) is 4.34. The first-order valence-corrected chi connectivity index (χ1v) is 7.91. The SMILES string of the molecule is O=C(NCc1cccnc1)N1CCC2(C1)OCc1ccccc12. The third kappa shape index (κ3) is 2.57. The predicted molar refractivity (Wildman–Crippen MR) is 85.6 cm³/mol. The van der Waals surface area contributed by atoms with Gasteiger partial charge in [-0.15, -0.1) is 0 Å². The highest BCUT2D eigenvalue weighted by atomic mass is 16.5. The normalized spacial score (nSPS) is 22.3. The highest BCUT2D eigenvalue weighted by Gasteiger charge is 2.46. The number of pyridine rings is 1. The van der Waals surface area contributed by atoms with E-state index in [1.807, 2.05) is 29.2 Å². The van der Waals surface area contributed by atoms with E-state index in [0.717, 1.165) is 12.0 Å². The van der Waals surface area contributed by atoms with Gasteiger partial charge in [0.2, 0.25) is 0 Å². The maximum Gasteiger partial charge on any atom is 0.317 e. The van der Waals surface area contributed by atoms with Crippen molar-refractivity contribution in [3.05, 3.63) is 65.5 Å². The molecule has 2 aliphatic rings. The topological polar surface area (TPSA) is 54.5 Å². The molecule has 1 atom stereocenters. The summed E-state index contributed by atoms with van der Waals surface area (Å²) in [5.74, 6) is 0. The molecule has 1 unspecified atom stereocenters. The molecule has 5 heteroatoms. The van der Waals surface area contributed by atoms with Crippen LogP contribution < -0.4 is 5.32 Å². The van der Waals surface area contributed by atoms with Gasteiger partial charge in [-0.3, -0.25) is 4.98 Å². The Morgan fingerprint density at radius 1 is 1.30 bits per heavy atom. The Morgan fingerprint density at radius 3 is 3.09 bits per heavy atom. The van der Waals surface area contributed by atoms with Gasteiger partial charge in [-0.25, -0.2) is 4.79 Å². The summed E-state index contributed by atoms with van der Waals surface area (Å²) in [6.45, 7) is 2.46. The minimum atomic E-state index is -0.317. The van der Waals surface area contributed by atoms with Crippen molar-refractivity contribution in [3.63, 3.8) is 0 Å². The molecule has 0 radical (unpaired) electrons. The first-order chi connectivity index (χ1) is 11.3. The van der Waals surface area contributed by atoms with Gasteiger partial charge in [0, 0.05) is 31.9 Å². The van der Waals surface area contributed by atoms with Crippen LogP contribution >= 0.6 is 0 Å². The van der Waals surface area contributed by atoms with Crippen LogP contribution in [-0.2, 0) is 23.5 Å². The lowest BCUT2D eigenvalue weighted by Crippen LogP contribution is -2.40. The van der Waals surface area contributed by atoms with E-state index in [-0.39, 0.29) is 11.6 Å². The maximum atomic E-state index is 12.4. The number of fused-ring (bicyclic) bond motifs is 2. The smallest absolute Gasteiger partial charge is 0.317 e. The average molecular weight is 309 g/mol. The molecule has 1 fully saturated rings. The fraction of sp³-hybridized carbons (Fsp3) is 0.333. The van der Waals surface area contributed by atoms with E-state index in [1.54, 1.807) is 12.4 Å². The lowest BCUT2D eigenvalue weighted by molar-refractivity contribution is -0.0272. The van der Waals surface area contributed by atoms with Crippen molar-refractivity contribution in [1.29, 1.82) is 0 Å². The summed E-state index contributed by atoms with van der Waals surface area (Å²) in [5.41, 5.74) is 3.16. The van der Waals surface area contributed by atoms with Crippen molar-refractivity contribution in [2.75, 3.05) is 13.1 Å². The largest absolute Gasteiger partial charge is 0.364 e. The van der Waals surface area contributed by atoms with E-state index in [2.05, 4.69) is 22.4 Å². The van der Waals surface area contributed by atoms with Gasteiger partial charge < -0.3 is 15.0 Å². The quantitative estimate of drug-likeness (QED) is 0.927. The first-order valence-electron chi connectivity index (χ1n) is 7.91. The number of hydrogen-bond donors (Lipinski definition) is 1. The monoisotopic (exact) mass is 309 g/mol. The summed E-state index contributed by atoms with van der Waals surface area (Å²) in [5, 5.41) is 2.96. The van der Waals surface area contributed by atoms with Crippen molar-refractivity contribution in [2.24, 2.45) is 0 Å². The van der Waals surface area contributed by atoms with Crippen LogP contribution in [0.4, 0.5) is 4.79 Å². The first kappa shape index (κ1) is 14.2. The molecule has 1 N–H and O–H groups in total. The third-order valence-corrected chi connectivity index (χ3v) is 4.70. The number of amides is 2. The van der Waals surface area contributed by atoms with Crippen LogP contribution in [0.15, 0.2) is 48.8 Å². The highest BCUT2D eigenvalue weighted by Crippen LogP contribution is 2.43. The fourth-order valence-electron chi connectivity index (χ4n) is 3.47. The Bertz CT molecular complexity index is 719. The standard InChI is InChI=1S/C18H19N3O2/c22-17(20-11-14-4-3-8-19-10-14)21-9-7-18(13-21)16-6-2-1-5-15(16)12-23-18/h1-6,8,10H,7,9,11-13H2,(H,20,22). The van der Waals surface area contributed by atoms with Crippen LogP contribution in [0, 0.1) is 0 Å². The molecule has 1 saturated heterocycles. The predicted octanol–water partition coefficient (Wildman–Crippen LogP) is 2.42. The van der Waals surface area contributed by atoms with Gasteiger partial charge >= 0.3 is 6.03 Å². The number of nitrogens with one attached hydrogen (secondary N) is 1. The van der Waals surface area contributed by atoms with Crippen LogP contribution in [-0.4, -0.2) is 29.0 Å². The van der Waals surface area contributed by atoms with Crippen LogP contribution in [0.2, 0.25) is 0 Å². The summed E-state index contributed by atoms with van der Waals surface area (Å²) >= 11 is 0. The molecule has 0 aliphatic carbocycles. The number of aromatic nitrogens is 1. The number of hydrogen-bond acceptors (Lipinski definition) is 3. The number of rotatable bonds is 2. The zero-order valence-electron chi connectivity index (χ0n) is 12.9. The van der Waals surface area contributed by atoms with Crippen LogP contribution in [0.3, 0.4) is 0 Å². The Kier molecular flexibility index (Phi) is 3.50. The van der Waals surface area contributed by atoms with E-state index in [1.165, 1.54) is 11.1 Å². The van der Waals surface area contributed by atoms with Gasteiger partial charge in [0.15, 0.2) is 0 Å². The number of ether oxygens (including phenoxy) is 1. The molecule has 1 aromatic heterocycles. The van der Waals surface area contributed by atoms with E-state index in [4.69, 9.17) is 4.74 Å². The number of likely N-dealkylation sites (tertiary alicyclic amines) is 1. The molecule has 118 valence electrons. The molecule has 2 amide bonds. The summed E-state index contributed by atoms with van der Waals surface area (Å²) < 4.78 is 6.08. The molecule has 4 rings (SSSR count). The van der Waals surface area contributed by atoms with Crippen molar-refractivity contribution >= 4 is 6.03 Å². The maximum absolute atomic E-state index is 12.4. The molecule has 1 spiro atoms. The van der Waals surface area contributed by atoms with Gasteiger partial charge in [-0.2, -0.15) is 0 Å². The Morgan fingerprint density at radius 2 is 2.22 bits per heavy atom. The molecule has 23 heavy (non-hydrogen) atoms. The second-order valence-corrected chi connectivity index (χ2v) is 6.13. The number of benzene rings is 1. The summed E-state index contributed by atoms with van der Waals surface area (Å²) in [7, 11) is 0. The molecule has 1 aromatic carbocycles. The number of carbonyl (C=O) groups excluding carboxylic acids is 1. The van der Waals surface area contributed by atoms with Crippen molar-refractivity contribution in [1.82, 2.24) is 15.2 Å². The van der Waals surface area contributed by atoms with Crippen molar-refractivity contribution in [2.45, 2.75) is 25.2 Å². The lowest BCUT2D eigenvalue weighted by Gasteiger charge is -2.25. The molecule has 0 bridgehead atoms. The molecule has 2 aliphatic heterocycles. The third-order valence-electron chi connectivity index (χ3n) is 4.70. The average Bonchev–Trinajstić information content (AvgIpc) is 3.20. The molecule has 0 saturated carbocycles. The van der Waals surface area contributed by atoms with E-state index >= 15 is 0 Å². The lowest BCUT2D eigenvalue weighted by atomic mass is 9.92. The van der Waals surface area contributed by atoms with Crippen LogP contribution in [0.25, 0.3) is 0 Å². The van der Waals surface area contributed by atoms with Gasteiger partial charge in [-0.1, -0.05) is 30.3 Å². The number of carbonyl (C=O) groups is 1. The van der Waals surface area contributed by atoms with Gasteiger partial charge in [0.25, 0.3) is 0 Å². The summed E-state index contributed by atoms with van der Waals surface area (Å²) in [4.78, 5) is 18.3. The Labute approximate surface area is 135 Å². The number of urea groups is 1. The Hall–Kier alpha value is -2.40. The highest BCUT2D eigenvalue weighted by molar-refractivity contribution is 5.74. The Balaban J connectivity index is 1.42.